The third-order valence-electron chi connectivity index (χ3n) is 3.46. The molecule has 0 bridgehead atoms. The van der Waals surface area contributed by atoms with Crippen LogP contribution in [0, 0.1) is 6.92 Å². The average Bonchev–Trinajstić information content (AvgIpc) is 2.93. The number of rotatable bonds is 4. The summed E-state index contributed by atoms with van der Waals surface area (Å²) in [5.74, 6) is 0.881. The Labute approximate surface area is 118 Å². The number of nitrogens with one attached hydrogen (secondary N) is 2. The summed E-state index contributed by atoms with van der Waals surface area (Å²) < 4.78 is 5.40. The van der Waals surface area contributed by atoms with E-state index in [0.29, 0.717) is 0 Å². The quantitative estimate of drug-likeness (QED) is 0.746. The fourth-order valence-electron chi connectivity index (χ4n) is 2.35. The van der Waals surface area contributed by atoms with Crippen LogP contribution in [-0.2, 0) is 6.54 Å². The first kappa shape index (κ1) is 12.6. The third kappa shape index (κ3) is 2.48. The van der Waals surface area contributed by atoms with Crippen LogP contribution in [-0.4, -0.2) is 12.1 Å². The highest BCUT2D eigenvalue weighted by Gasteiger charge is 2.03. The Hall–Kier alpha value is -2.42. The first-order valence-corrected chi connectivity index (χ1v) is 6.71. The van der Waals surface area contributed by atoms with Crippen LogP contribution < -0.4 is 10.1 Å². The van der Waals surface area contributed by atoms with Crippen molar-refractivity contribution in [2.75, 3.05) is 12.4 Å². The standard InChI is InChI=1S/C17H18N2O/c1-12-3-6-15(17(9-12)20-2)19-11-13-4-5-14-7-8-18-16(14)10-13/h3-10,18-19H,11H2,1-2H3. The van der Waals surface area contributed by atoms with E-state index >= 15 is 0 Å². The molecule has 2 aromatic carbocycles. The molecule has 3 rings (SSSR count). The molecule has 0 aliphatic heterocycles. The molecule has 1 heterocycles. The molecule has 0 aliphatic rings. The van der Waals surface area contributed by atoms with E-state index in [9.17, 15) is 0 Å². The summed E-state index contributed by atoms with van der Waals surface area (Å²) in [7, 11) is 1.70. The molecular weight excluding hydrogens is 248 g/mol. The molecule has 3 nitrogen and oxygen atoms in total. The molecule has 0 unspecified atom stereocenters. The molecule has 0 amide bonds. The minimum Gasteiger partial charge on any atom is -0.495 e. The van der Waals surface area contributed by atoms with Gasteiger partial charge >= 0.3 is 0 Å². The summed E-state index contributed by atoms with van der Waals surface area (Å²) in [6.07, 6.45) is 1.96. The number of hydrogen-bond acceptors (Lipinski definition) is 2. The van der Waals surface area contributed by atoms with Gasteiger partial charge in [-0.3, -0.25) is 0 Å². The van der Waals surface area contributed by atoms with Gasteiger partial charge in [0.2, 0.25) is 0 Å². The zero-order chi connectivity index (χ0) is 13.9. The van der Waals surface area contributed by atoms with Crippen molar-refractivity contribution in [2.24, 2.45) is 0 Å². The van der Waals surface area contributed by atoms with Crippen molar-refractivity contribution in [1.82, 2.24) is 4.98 Å². The van der Waals surface area contributed by atoms with E-state index < -0.39 is 0 Å². The Morgan fingerprint density at radius 3 is 2.85 bits per heavy atom. The number of aryl methyl sites for hydroxylation is 1. The minimum absolute atomic E-state index is 0.772. The summed E-state index contributed by atoms with van der Waals surface area (Å²) in [4.78, 5) is 3.24. The SMILES string of the molecule is COc1cc(C)ccc1NCc1ccc2cc[nH]c2c1. The maximum atomic E-state index is 5.40. The summed E-state index contributed by atoms with van der Waals surface area (Å²) in [5, 5.41) is 4.66. The minimum atomic E-state index is 0.772. The van der Waals surface area contributed by atoms with Crippen LogP contribution in [0.5, 0.6) is 5.75 Å². The van der Waals surface area contributed by atoms with E-state index in [-0.39, 0.29) is 0 Å². The van der Waals surface area contributed by atoms with Crippen LogP contribution in [0.2, 0.25) is 0 Å². The van der Waals surface area contributed by atoms with Crippen LogP contribution in [0.3, 0.4) is 0 Å². The predicted octanol–water partition coefficient (Wildman–Crippen LogP) is 4.10. The van der Waals surface area contributed by atoms with Crippen molar-refractivity contribution in [3.05, 3.63) is 59.8 Å². The Bertz CT molecular complexity index is 731. The maximum Gasteiger partial charge on any atom is 0.142 e. The molecule has 0 spiro atoms. The lowest BCUT2D eigenvalue weighted by molar-refractivity contribution is 0.416. The number of fused-ring (bicyclic) bond motifs is 1. The fourth-order valence-corrected chi connectivity index (χ4v) is 2.35. The molecule has 0 atom stereocenters. The van der Waals surface area contributed by atoms with Crippen LogP contribution in [0.1, 0.15) is 11.1 Å². The molecule has 0 fully saturated rings. The van der Waals surface area contributed by atoms with Crippen molar-refractivity contribution in [1.29, 1.82) is 0 Å². The number of aromatic amines is 1. The molecule has 102 valence electrons. The lowest BCUT2D eigenvalue weighted by Gasteiger charge is -2.12. The highest BCUT2D eigenvalue weighted by Crippen LogP contribution is 2.26. The van der Waals surface area contributed by atoms with Crippen molar-refractivity contribution < 1.29 is 4.74 Å². The zero-order valence-electron chi connectivity index (χ0n) is 11.7. The number of methoxy groups -OCH3 is 1. The van der Waals surface area contributed by atoms with Gasteiger partial charge in [-0.1, -0.05) is 18.2 Å². The van der Waals surface area contributed by atoms with Crippen LogP contribution >= 0.6 is 0 Å². The van der Waals surface area contributed by atoms with Crippen molar-refractivity contribution in [2.45, 2.75) is 13.5 Å². The highest BCUT2D eigenvalue weighted by molar-refractivity contribution is 5.79. The highest BCUT2D eigenvalue weighted by atomic mass is 16.5. The van der Waals surface area contributed by atoms with E-state index in [1.165, 1.54) is 22.0 Å². The van der Waals surface area contributed by atoms with Crippen molar-refractivity contribution in [3.8, 4) is 5.75 Å². The molecular formula is C17H18N2O. The van der Waals surface area contributed by atoms with E-state index in [1.54, 1.807) is 7.11 Å². The predicted molar refractivity (Wildman–Crippen MR) is 83.4 cm³/mol. The number of hydrogen-bond donors (Lipinski definition) is 2. The van der Waals surface area contributed by atoms with E-state index in [0.717, 1.165) is 18.0 Å². The topological polar surface area (TPSA) is 37.0 Å². The van der Waals surface area contributed by atoms with Gasteiger partial charge in [-0.15, -0.1) is 0 Å². The normalized spacial score (nSPS) is 10.7. The summed E-state index contributed by atoms with van der Waals surface area (Å²) in [5.41, 5.74) is 4.62. The van der Waals surface area contributed by atoms with Gasteiger partial charge in [0, 0.05) is 18.3 Å². The Kier molecular flexibility index (Phi) is 3.33. The van der Waals surface area contributed by atoms with Gasteiger partial charge in [0.15, 0.2) is 0 Å². The van der Waals surface area contributed by atoms with Gasteiger partial charge in [-0.2, -0.15) is 0 Å². The lowest BCUT2D eigenvalue weighted by Crippen LogP contribution is -2.01. The smallest absolute Gasteiger partial charge is 0.142 e. The average molecular weight is 266 g/mol. The molecule has 0 aliphatic carbocycles. The van der Waals surface area contributed by atoms with Crippen LogP contribution in [0.4, 0.5) is 5.69 Å². The van der Waals surface area contributed by atoms with Gasteiger partial charge in [0.25, 0.3) is 0 Å². The van der Waals surface area contributed by atoms with Crippen molar-refractivity contribution in [3.63, 3.8) is 0 Å². The Balaban J connectivity index is 1.78. The molecule has 0 radical (unpaired) electrons. The first-order chi connectivity index (χ1) is 9.76. The van der Waals surface area contributed by atoms with Crippen LogP contribution in [0.25, 0.3) is 10.9 Å². The molecule has 0 saturated carbocycles. The van der Waals surface area contributed by atoms with Crippen molar-refractivity contribution >= 4 is 16.6 Å². The maximum absolute atomic E-state index is 5.40. The summed E-state index contributed by atoms with van der Waals surface area (Å²) in [6.45, 7) is 2.83. The second-order valence-corrected chi connectivity index (χ2v) is 4.96. The van der Waals surface area contributed by atoms with Gasteiger partial charge < -0.3 is 15.0 Å². The second-order valence-electron chi connectivity index (χ2n) is 4.96. The number of H-pyrrole nitrogens is 1. The second kappa shape index (κ2) is 5.29. The number of benzene rings is 2. The number of ether oxygens (including phenoxy) is 1. The van der Waals surface area contributed by atoms with E-state index in [2.05, 4.69) is 53.6 Å². The first-order valence-electron chi connectivity index (χ1n) is 6.71. The number of anilines is 1. The third-order valence-corrected chi connectivity index (χ3v) is 3.46. The lowest BCUT2D eigenvalue weighted by atomic mass is 10.1. The van der Waals surface area contributed by atoms with Crippen LogP contribution in [0.15, 0.2) is 48.7 Å². The molecule has 2 N–H and O–H groups in total. The Morgan fingerprint density at radius 2 is 2.00 bits per heavy atom. The molecule has 0 saturated heterocycles. The fraction of sp³-hybridized carbons (Fsp3) is 0.176. The molecule has 1 aromatic heterocycles. The van der Waals surface area contributed by atoms with E-state index in [4.69, 9.17) is 4.74 Å². The van der Waals surface area contributed by atoms with Gasteiger partial charge in [0.1, 0.15) is 5.75 Å². The zero-order valence-corrected chi connectivity index (χ0v) is 11.7. The number of aromatic nitrogens is 1. The van der Waals surface area contributed by atoms with E-state index in [1.807, 2.05) is 12.3 Å². The Morgan fingerprint density at radius 1 is 1.10 bits per heavy atom. The van der Waals surface area contributed by atoms with Gasteiger partial charge in [-0.25, -0.2) is 0 Å². The largest absolute Gasteiger partial charge is 0.495 e. The van der Waals surface area contributed by atoms with Gasteiger partial charge in [0.05, 0.1) is 12.8 Å². The molecule has 3 aromatic rings. The summed E-state index contributed by atoms with van der Waals surface area (Å²) in [6, 6.07) is 14.7. The molecule has 20 heavy (non-hydrogen) atoms. The monoisotopic (exact) mass is 266 g/mol. The summed E-state index contributed by atoms with van der Waals surface area (Å²) >= 11 is 0. The van der Waals surface area contributed by atoms with Gasteiger partial charge in [-0.05, 0) is 47.7 Å². The molecule has 3 heteroatoms.